The number of aromatic nitrogens is 1. The topological polar surface area (TPSA) is 29.9 Å². The molecule has 0 saturated carbocycles. The van der Waals surface area contributed by atoms with Crippen molar-refractivity contribution in [1.82, 2.24) is 14.4 Å². The van der Waals surface area contributed by atoms with Crippen LogP contribution >= 0.6 is 0 Å². The summed E-state index contributed by atoms with van der Waals surface area (Å²) in [5.74, 6) is 2.10. The third kappa shape index (κ3) is 3.92. The fraction of sp³-hybridized carbons (Fsp3) is 0.440. The van der Waals surface area contributed by atoms with Crippen molar-refractivity contribution in [3.63, 3.8) is 0 Å². The Balaban J connectivity index is 1.58. The third-order valence-corrected chi connectivity index (χ3v) is 6.29. The minimum atomic E-state index is 0.482. The Bertz CT molecular complexity index is 1010. The Kier molecular flexibility index (Phi) is 6.02. The number of ether oxygens (including phenoxy) is 2. The average Bonchev–Trinajstić information content (AvgIpc) is 3.31. The summed E-state index contributed by atoms with van der Waals surface area (Å²) in [6.07, 6.45) is 2.33. The molecule has 30 heavy (non-hydrogen) atoms. The molecule has 1 aliphatic rings. The molecule has 1 fully saturated rings. The molecule has 2 aromatic carbocycles. The van der Waals surface area contributed by atoms with Crippen molar-refractivity contribution in [1.29, 1.82) is 0 Å². The standard InChI is InChI=1S/C25H33N3O2/c1-6-30-24-12-11-18(13-25(24)29-5)14-28-16-21(23(17-28)26(2)3)20-15-27(4)22-10-8-7-9-19(20)22/h7-13,15,21,23H,6,14,16-17H2,1-5H3/t21-,23+/m0/s1. The molecule has 5 heteroatoms. The number of likely N-dealkylation sites (tertiary alicyclic amines) is 1. The summed E-state index contributed by atoms with van der Waals surface area (Å²) in [6.45, 7) is 5.64. The van der Waals surface area contributed by atoms with Crippen LogP contribution < -0.4 is 9.47 Å². The second kappa shape index (κ2) is 8.70. The Hall–Kier alpha value is -2.50. The van der Waals surface area contributed by atoms with Gasteiger partial charge in [0, 0.05) is 55.7 Å². The number of nitrogens with zero attached hydrogens (tertiary/aromatic N) is 3. The van der Waals surface area contributed by atoms with E-state index < -0.39 is 0 Å². The minimum Gasteiger partial charge on any atom is -0.493 e. The highest BCUT2D eigenvalue weighted by Crippen LogP contribution is 2.36. The van der Waals surface area contributed by atoms with Crippen molar-refractivity contribution in [2.45, 2.75) is 25.4 Å². The number of fused-ring (bicyclic) bond motifs is 1. The van der Waals surface area contributed by atoms with E-state index in [1.54, 1.807) is 7.11 Å². The minimum absolute atomic E-state index is 0.482. The molecule has 0 bridgehead atoms. The average molecular weight is 408 g/mol. The van der Waals surface area contributed by atoms with Crippen LogP contribution in [0.25, 0.3) is 10.9 Å². The maximum atomic E-state index is 5.67. The summed E-state index contributed by atoms with van der Waals surface area (Å²) in [7, 11) is 8.25. The first-order chi connectivity index (χ1) is 14.5. The summed E-state index contributed by atoms with van der Waals surface area (Å²) >= 11 is 0. The molecule has 0 amide bonds. The normalized spacial score (nSPS) is 19.7. The molecular weight excluding hydrogens is 374 g/mol. The highest BCUT2D eigenvalue weighted by Gasteiger charge is 2.36. The number of methoxy groups -OCH3 is 1. The third-order valence-electron chi connectivity index (χ3n) is 6.29. The number of rotatable bonds is 7. The predicted molar refractivity (Wildman–Crippen MR) is 123 cm³/mol. The molecule has 0 unspecified atom stereocenters. The Morgan fingerprint density at radius 3 is 2.60 bits per heavy atom. The van der Waals surface area contributed by atoms with Gasteiger partial charge in [-0.05, 0) is 50.3 Å². The number of likely N-dealkylation sites (N-methyl/N-ethyl adjacent to an activating group) is 1. The molecule has 2 heterocycles. The molecule has 0 N–H and O–H groups in total. The first kappa shape index (κ1) is 20.8. The fourth-order valence-corrected chi connectivity index (χ4v) is 4.84. The summed E-state index contributed by atoms with van der Waals surface area (Å²) in [6, 6.07) is 15.5. The van der Waals surface area contributed by atoms with E-state index in [0.717, 1.165) is 31.1 Å². The quantitative estimate of drug-likeness (QED) is 0.589. The first-order valence-corrected chi connectivity index (χ1v) is 10.7. The Morgan fingerprint density at radius 1 is 1.07 bits per heavy atom. The lowest BCUT2D eigenvalue weighted by molar-refractivity contribution is 0.259. The van der Waals surface area contributed by atoms with E-state index in [-0.39, 0.29) is 0 Å². The number of para-hydroxylation sites is 1. The first-order valence-electron chi connectivity index (χ1n) is 10.7. The summed E-state index contributed by atoms with van der Waals surface area (Å²) in [5.41, 5.74) is 4.02. The van der Waals surface area contributed by atoms with Gasteiger partial charge >= 0.3 is 0 Å². The maximum absolute atomic E-state index is 5.67. The van der Waals surface area contributed by atoms with E-state index in [1.807, 2.05) is 13.0 Å². The second-order valence-electron chi connectivity index (χ2n) is 8.46. The SMILES string of the molecule is CCOc1ccc(CN2C[C@@H](N(C)C)[C@H](c3cn(C)c4ccccc34)C2)cc1OC. The van der Waals surface area contributed by atoms with E-state index in [9.17, 15) is 0 Å². The smallest absolute Gasteiger partial charge is 0.161 e. The lowest BCUT2D eigenvalue weighted by atomic mass is 9.93. The van der Waals surface area contributed by atoms with Gasteiger partial charge in [-0.2, -0.15) is 0 Å². The molecule has 5 nitrogen and oxygen atoms in total. The van der Waals surface area contributed by atoms with Crippen molar-refractivity contribution < 1.29 is 9.47 Å². The van der Waals surface area contributed by atoms with Crippen LogP contribution in [0.2, 0.25) is 0 Å². The molecule has 1 aromatic heterocycles. The van der Waals surface area contributed by atoms with Gasteiger partial charge in [0.1, 0.15) is 0 Å². The van der Waals surface area contributed by atoms with Crippen LogP contribution in [-0.4, -0.2) is 61.3 Å². The zero-order chi connectivity index (χ0) is 21.3. The molecule has 0 aliphatic carbocycles. The zero-order valence-electron chi connectivity index (χ0n) is 18.8. The van der Waals surface area contributed by atoms with E-state index in [2.05, 4.69) is 78.1 Å². The van der Waals surface area contributed by atoms with Crippen LogP contribution in [0.3, 0.4) is 0 Å². The van der Waals surface area contributed by atoms with E-state index in [1.165, 1.54) is 22.0 Å². The van der Waals surface area contributed by atoms with Crippen LogP contribution in [0, 0.1) is 0 Å². The van der Waals surface area contributed by atoms with Crippen LogP contribution in [0.4, 0.5) is 0 Å². The fourth-order valence-electron chi connectivity index (χ4n) is 4.84. The van der Waals surface area contributed by atoms with Crippen molar-refractivity contribution in [2.75, 3.05) is 40.9 Å². The van der Waals surface area contributed by atoms with Gasteiger partial charge in [0.15, 0.2) is 11.5 Å². The van der Waals surface area contributed by atoms with Gasteiger partial charge in [-0.15, -0.1) is 0 Å². The van der Waals surface area contributed by atoms with Gasteiger partial charge < -0.3 is 18.9 Å². The van der Waals surface area contributed by atoms with Crippen molar-refractivity contribution >= 4 is 10.9 Å². The molecule has 160 valence electrons. The van der Waals surface area contributed by atoms with Gasteiger partial charge in [0.05, 0.1) is 13.7 Å². The number of hydrogen-bond donors (Lipinski definition) is 0. The maximum Gasteiger partial charge on any atom is 0.161 e. The van der Waals surface area contributed by atoms with Gasteiger partial charge in [-0.25, -0.2) is 0 Å². The number of aryl methyl sites for hydroxylation is 1. The van der Waals surface area contributed by atoms with Crippen molar-refractivity contribution in [3.05, 3.63) is 59.8 Å². The molecule has 2 atom stereocenters. The lowest BCUT2D eigenvalue weighted by Gasteiger charge is -2.25. The lowest BCUT2D eigenvalue weighted by Crippen LogP contribution is -2.34. The van der Waals surface area contributed by atoms with E-state index in [4.69, 9.17) is 9.47 Å². The van der Waals surface area contributed by atoms with Gasteiger partial charge in [0.25, 0.3) is 0 Å². The van der Waals surface area contributed by atoms with Gasteiger partial charge in [-0.3, -0.25) is 4.90 Å². The summed E-state index contributed by atoms with van der Waals surface area (Å²) < 4.78 is 13.5. The van der Waals surface area contributed by atoms with Crippen LogP contribution in [-0.2, 0) is 13.6 Å². The molecule has 3 aromatic rings. The van der Waals surface area contributed by atoms with Crippen LogP contribution in [0.5, 0.6) is 11.5 Å². The highest BCUT2D eigenvalue weighted by atomic mass is 16.5. The predicted octanol–water partition coefficient (Wildman–Crippen LogP) is 4.12. The molecule has 4 rings (SSSR count). The zero-order valence-corrected chi connectivity index (χ0v) is 18.8. The number of hydrogen-bond acceptors (Lipinski definition) is 4. The monoisotopic (exact) mass is 407 g/mol. The van der Waals surface area contributed by atoms with E-state index >= 15 is 0 Å². The second-order valence-corrected chi connectivity index (χ2v) is 8.46. The Labute approximate surface area is 179 Å². The largest absolute Gasteiger partial charge is 0.493 e. The van der Waals surface area contributed by atoms with E-state index in [0.29, 0.717) is 18.6 Å². The number of benzene rings is 2. The molecule has 0 spiro atoms. The molecule has 1 saturated heterocycles. The summed E-state index contributed by atoms with van der Waals surface area (Å²) in [5, 5.41) is 1.38. The molecule has 0 radical (unpaired) electrons. The highest BCUT2D eigenvalue weighted by molar-refractivity contribution is 5.84. The van der Waals surface area contributed by atoms with Crippen LogP contribution in [0.15, 0.2) is 48.7 Å². The Morgan fingerprint density at radius 2 is 1.87 bits per heavy atom. The van der Waals surface area contributed by atoms with Crippen LogP contribution in [0.1, 0.15) is 24.0 Å². The van der Waals surface area contributed by atoms with Crippen molar-refractivity contribution in [3.8, 4) is 11.5 Å². The van der Waals surface area contributed by atoms with Gasteiger partial charge in [0.2, 0.25) is 0 Å². The molecular formula is C25H33N3O2. The van der Waals surface area contributed by atoms with Crippen molar-refractivity contribution in [2.24, 2.45) is 7.05 Å². The molecule has 1 aliphatic heterocycles. The summed E-state index contributed by atoms with van der Waals surface area (Å²) in [4.78, 5) is 4.94. The van der Waals surface area contributed by atoms with Gasteiger partial charge in [-0.1, -0.05) is 24.3 Å².